The van der Waals surface area contributed by atoms with E-state index in [1.165, 1.54) is 11.3 Å². The highest BCUT2D eigenvalue weighted by Gasteiger charge is 2.21. The molecule has 1 amide bonds. The number of methoxy groups -OCH3 is 1. The van der Waals surface area contributed by atoms with Crippen molar-refractivity contribution in [3.05, 3.63) is 29.3 Å². The minimum atomic E-state index is 0.0247. The Morgan fingerprint density at radius 3 is 2.73 bits per heavy atom. The summed E-state index contributed by atoms with van der Waals surface area (Å²) in [5, 5.41) is 2.66. The van der Waals surface area contributed by atoms with E-state index in [0.29, 0.717) is 24.0 Å². The van der Waals surface area contributed by atoms with Gasteiger partial charge in [-0.3, -0.25) is 4.79 Å². The first kappa shape index (κ1) is 19.0. The van der Waals surface area contributed by atoms with Gasteiger partial charge in [-0.05, 0) is 24.1 Å². The predicted molar refractivity (Wildman–Crippen MR) is 108 cm³/mol. The van der Waals surface area contributed by atoms with Crippen LogP contribution in [0.5, 0.6) is 11.5 Å². The fourth-order valence-electron chi connectivity index (χ4n) is 2.61. The molecule has 1 aliphatic rings. The van der Waals surface area contributed by atoms with Crippen molar-refractivity contribution >= 4 is 29.0 Å². The number of ether oxygens (including phenoxy) is 2. The third-order valence-corrected chi connectivity index (χ3v) is 5.84. The lowest BCUT2D eigenvalue weighted by Gasteiger charge is -2.25. The van der Waals surface area contributed by atoms with Crippen LogP contribution in [0.1, 0.15) is 24.3 Å². The molecule has 1 fully saturated rings. The molecule has 1 saturated heterocycles. The van der Waals surface area contributed by atoms with E-state index in [1.54, 1.807) is 7.11 Å². The molecule has 1 aromatic carbocycles. The third-order valence-electron chi connectivity index (χ3n) is 4.00. The molecule has 140 valence electrons. The van der Waals surface area contributed by atoms with Crippen LogP contribution in [-0.4, -0.2) is 54.1 Å². The Balaban J connectivity index is 1.76. The monoisotopic (exact) mass is 392 g/mol. The Kier molecular flexibility index (Phi) is 6.43. The molecule has 0 aliphatic carbocycles. The van der Waals surface area contributed by atoms with Crippen LogP contribution >= 0.6 is 23.1 Å². The molecule has 0 radical (unpaired) electrons. The molecule has 2 heterocycles. The maximum atomic E-state index is 12.6. The minimum Gasteiger partial charge on any atom is -0.493 e. The number of carbonyl (C=O) groups is 1. The third kappa shape index (κ3) is 4.51. The molecule has 0 bridgehead atoms. The maximum absolute atomic E-state index is 12.6. The Morgan fingerprint density at radius 1 is 1.27 bits per heavy atom. The van der Waals surface area contributed by atoms with Gasteiger partial charge in [0.25, 0.3) is 5.91 Å². The van der Waals surface area contributed by atoms with Gasteiger partial charge in [0.2, 0.25) is 0 Å². The number of aromatic nitrogens is 1. The highest BCUT2D eigenvalue weighted by Crippen LogP contribution is 2.34. The summed E-state index contributed by atoms with van der Waals surface area (Å²) in [5.74, 6) is 3.87. The topological polar surface area (TPSA) is 51.7 Å². The van der Waals surface area contributed by atoms with Crippen molar-refractivity contribution in [3.8, 4) is 22.1 Å². The summed E-state index contributed by atoms with van der Waals surface area (Å²) in [6.07, 6.45) is 0. The number of rotatable bonds is 6. The summed E-state index contributed by atoms with van der Waals surface area (Å²) >= 11 is 3.36. The molecule has 3 rings (SSSR count). The van der Waals surface area contributed by atoms with Gasteiger partial charge in [0.15, 0.2) is 11.5 Å². The number of hydrogen-bond donors (Lipinski definition) is 0. The van der Waals surface area contributed by atoms with E-state index in [1.807, 2.05) is 40.2 Å². The van der Waals surface area contributed by atoms with Crippen molar-refractivity contribution in [1.82, 2.24) is 9.88 Å². The van der Waals surface area contributed by atoms with E-state index < -0.39 is 0 Å². The Morgan fingerprint density at radius 2 is 2.04 bits per heavy atom. The van der Waals surface area contributed by atoms with E-state index in [-0.39, 0.29) is 5.91 Å². The van der Waals surface area contributed by atoms with Gasteiger partial charge < -0.3 is 14.4 Å². The van der Waals surface area contributed by atoms with Gasteiger partial charge >= 0.3 is 0 Å². The molecule has 1 aliphatic heterocycles. The zero-order valence-corrected chi connectivity index (χ0v) is 17.0. The van der Waals surface area contributed by atoms with Crippen LogP contribution in [0.4, 0.5) is 0 Å². The number of amides is 1. The van der Waals surface area contributed by atoms with E-state index in [9.17, 15) is 4.79 Å². The van der Waals surface area contributed by atoms with Gasteiger partial charge in [-0.15, -0.1) is 11.3 Å². The smallest absolute Gasteiger partial charge is 0.273 e. The van der Waals surface area contributed by atoms with Gasteiger partial charge in [0, 0.05) is 35.5 Å². The highest BCUT2D eigenvalue weighted by atomic mass is 32.2. The first-order chi connectivity index (χ1) is 12.6. The Bertz CT molecular complexity index is 755. The minimum absolute atomic E-state index is 0.0247. The number of thioether (sulfide) groups is 1. The van der Waals surface area contributed by atoms with Crippen LogP contribution in [0.2, 0.25) is 0 Å². The van der Waals surface area contributed by atoms with Crippen LogP contribution in [0.15, 0.2) is 23.6 Å². The fraction of sp³-hybridized carbons (Fsp3) is 0.474. The summed E-state index contributed by atoms with van der Waals surface area (Å²) in [7, 11) is 1.63. The van der Waals surface area contributed by atoms with Crippen molar-refractivity contribution in [1.29, 1.82) is 0 Å². The van der Waals surface area contributed by atoms with Crippen LogP contribution in [0.25, 0.3) is 10.6 Å². The second-order valence-electron chi connectivity index (χ2n) is 6.51. The molecule has 0 unspecified atom stereocenters. The van der Waals surface area contributed by atoms with Crippen molar-refractivity contribution in [2.45, 2.75) is 13.8 Å². The zero-order valence-electron chi connectivity index (χ0n) is 15.4. The number of benzene rings is 1. The average molecular weight is 393 g/mol. The summed E-state index contributed by atoms with van der Waals surface area (Å²) in [5.41, 5.74) is 1.45. The average Bonchev–Trinajstić information content (AvgIpc) is 3.16. The first-order valence-electron chi connectivity index (χ1n) is 8.72. The van der Waals surface area contributed by atoms with Crippen molar-refractivity contribution in [3.63, 3.8) is 0 Å². The lowest BCUT2D eigenvalue weighted by molar-refractivity contribution is 0.0767. The van der Waals surface area contributed by atoms with Crippen LogP contribution < -0.4 is 9.47 Å². The highest BCUT2D eigenvalue weighted by molar-refractivity contribution is 7.99. The normalized spacial score (nSPS) is 14.5. The second-order valence-corrected chi connectivity index (χ2v) is 8.60. The summed E-state index contributed by atoms with van der Waals surface area (Å²) in [6.45, 7) is 6.45. The lowest BCUT2D eigenvalue weighted by Crippen LogP contribution is -2.38. The number of thiazole rings is 1. The van der Waals surface area contributed by atoms with Crippen LogP contribution in [0, 0.1) is 5.92 Å². The van der Waals surface area contributed by atoms with Crippen LogP contribution in [0.3, 0.4) is 0 Å². The molecule has 0 atom stereocenters. The molecular weight excluding hydrogens is 368 g/mol. The van der Waals surface area contributed by atoms with Gasteiger partial charge in [-0.25, -0.2) is 4.98 Å². The van der Waals surface area contributed by atoms with E-state index >= 15 is 0 Å². The van der Waals surface area contributed by atoms with E-state index in [0.717, 1.165) is 40.9 Å². The summed E-state index contributed by atoms with van der Waals surface area (Å²) in [4.78, 5) is 19.0. The first-order valence-corrected chi connectivity index (χ1v) is 10.8. The molecule has 5 nitrogen and oxygen atoms in total. The number of hydrogen-bond acceptors (Lipinski definition) is 6. The predicted octanol–water partition coefficient (Wildman–Crippen LogP) is 4.04. The quantitative estimate of drug-likeness (QED) is 0.742. The van der Waals surface area contributed by atoms with Crippen LogP contribution in [-0.2, 0) is 0 Å². The van der Waals surface area contributed by atoms with E-state index in [4.69, 9.17) is 9.47 Å². The fourth-order valence-corrected chi connectivity index (χ4v) is 4.30. The standard InChI is InChI=1S/C19H24N2O3S2/c1-13(2)11-24-16-5-4-14(10-17(16)23-3)18-20-15(12-26-18)19(22)21-6-8-25-9-7-21/h4-5,10,12-13H,6-9,11H2,1-3H3. The van der Waals surface area contributed by atoms with Gasteiger partial charge in [0.1, 0.15) is 10.7 Å². The Hall–Kier alpha value is -1.73. The molecule has 26 heavy (non-hydrogen) atoms. The SMILES string of the molecule is COc1cc(-c2nc(C(=O)N3CCSCC3)cs2)ccc1OCC(C)C. The number of nitrogens with zero attached hydrogens (tertiary/aromatic N) is 2. The summed E-state index contributed by atoms with van der Waals surface area (Å²) in [6, 6.07) is 5.78. The molecule has 1 aromatic heterocycles. The van der Waals surface area contributed by atoms with E-state index in [2.05, 4.69) is 18.8 Å². The van der Waals surface area contributed by atoms with Crippen molar-refractivity contribution in [2.75, 3.05) is 38.3 Å². The maximum Gasteiger partial charge on any atom is 0.273 e. The molecule has 0 saturated carbocycles. The largest absolute Gasteiger partial charge is 0.493 e. The zero-order chi connectivity index (χ0) is 18.5. The van der Waals surface area contributed by atoms with Gasteiger partial charge in [-0.1, -0.05) is 13.8 Å². The molecule has 7 heteroatoms. The van der Waals surface area contributed by atoms with Crippen molar-refractivity contribution in [2.24, 2.45) is 5.92 Å². The second kappa shape index (κ2) is 8.77. The molecular formula is C19H24N2O3S2. The number of carbonyl (C=O) groups excluding carboxylic acids is 1. The molecule has 0 spiro atoms. The lowest BCUT2D eigenvalue weighted by atomic mass is 10.2. The molecule has 0 N–H and O–H groups in total. The van der Waals surface area contributed by atoms with Crippen molar-refractivity contribution < 1.29 is 14.3 Å². The molecule has 2 aromatic rings. The summed E-state index contributed by atoms with van der Waals surface area (Å²) < 4.78 is 11.3. The van der Waals surface area contributed by atoms with Gasteiger partial charge in [-0.2, -0.15) is 11.8 Å². The Labute approximate surface area is 162 Å². The van der Waals surface area contributed by atoms with Gasteiger partial charge in [0.05, 0.1) is 13.7 Å².